The lowest BCUT2D eigenvalue weighted by molar-refractivity contribution is 0.0600. The Labute approximate surface area is 127 Å². The normalized spacial score (nSPS) is 10.2. The van der Waals surface area contributed by atoms with Crippen LogP contribution in [0.3, 0.4) is 0 Å². The van der Waals surface area contributed by atoms with Gasteiger partial charge in [0, 0.05) is 6.20 Å². The van der Waals surface area contributed by atoms with E-state index in [1.165, 1.54) is 13.3 Å². The smallest absolute Gasteiger partial charge is 0.339 e. The number of carbonyl (C=O) groups is 1. The predicted molar refractivity (Wildman–Crippen MR) is 77.3 cm³/mol. The van der Waals surface area contributed by atoms with E-state index >= 15 is 0 Å². The lowest BCUT2D eigenvalue weighted by Gasteiger charge is -2.09. The monoisotopic (exact) mass is 307 g/mol. The number of ether oxygens (including phenoxy) is 2. The molecule has 1 N–H and O–H groups in total. The average molecular weight is 308 g/mol. The predicted octanol–water partition coefficient (Wildman–Crippen LogP) is 2.59. The summed E-state index contributed by atoms with van der Waals surface area (Å²) in [5.74, 6) is 0.0744. The summed E-state index contributed by atoms with van der Waals surface area (Å²) in [5, 5.41) is 9.43. The number of rotatable bonds is 5. The van der Waals surface area contributed by atoms with E-state index in [0.29, 0.717) is 27.6 Å². The first-order chi connectivity index (χ1) is 10.1. The molecular weight excluding hydrogens is 294 g/mol. The highest BCUT2D eigenvalue weighted by Crippen LogP contribution is 2.26. The summed E-state index contributed by atoms with van der Waals surface area (Å²) in [7, 11) is 1.32. The molecular formula is C15H14ClNO4. The highest BCUT2D eigenvalue weighted by Gasteiger charge is 2.07. The number of esters is 1. The Kier molecular flexibility index (Phi) is 5.14. The van der Waals surface area contributed by atoms with Gasteiger partial charge in [-0.05, 0) is 29.8 Å². The number of pyridine rings is 1. The summed E-state index contributed by atoms with van der Waals surface area (Å²) < 4.78 is 10.2. The molecule has 0 bridgehead atoms. The van der Waals surface area contributed by atoms with Crippen molar-refractivity contribution in [1.82, 2.24) is 4.98 Å². The van der Waals surface area contributed by atoms with Crippen molar-refractivity contribution < 1.29 is 19.4 Å². The average Bonchev–Trinajstić information content (AvgIpc) is 2.53. The van der Waals surface area contributed by atoms with Gasteiger partial charge in [0.25, 0.3) is 0 Å². The van der Waals surface area contributed by atoms with Gasteiger partial charge in [-0.3, -0.25) is 4.98 Å². The molecule has 0 amide bonds. The van der Waals surface area contributed by atoms with Crippen molar-refractivity contribution in [3.63, 3.8) is 0 Å². The van der Waals surface area contributed by atoms with Gasteiger partial charge in [0.05, 0.1) is 30.0 Å². The summed E-state index contributed by atoms with van der Waals surface area (Å²) in [6, 6.07) is 8.37. The van der Waals surface area contributed by atoms with E-state index in [0.717, 1.165) is 0 Å². The third-order valence-corrected chi connectivity index (χ3v) is 3.10. The first-order valence-corrected chi connectivity index (χ1v) is 6.57. The Morgan fingerprint density at radius 3 is 2.71 bits per heavy atom. The number of aliphatic hydroxyl groups excluding tert-OH is 1. The van der Waals surface area contributed by atoms with Gasteiger partial charge in [-0.25, -0.2) is 4.79 Å². The molecule has 5 nitrogen and oxygen atoms in total. The maximum Gasteiger partial charge on any atom is 0.339 e. The van der Waals surface area contributed by atoms with Crippen LogP contribution in [0.25, 0.3) is 0 Å². The number of halogens is 1. The van der Waals surface area contributed by atoms with Gasteiger partial charge in [-0.15, -0.1) is 0 Å². The molecule has 0 unspecified atom stereocenters. The standard InChI is InChI=1S/C15H14ClNO4/c1-20-15(19)11-3-4-12(17-7-11)9-21-14-5-2-10(8-18)6-13(14)16/h2-7,18H,8-9H2,1H3. The van der Waals surface area contributed by atoms with Crippen LogP contribution in [-0.2, 0) is 18.0 Å². The molecule has 110 valence electrons. The second kappa shape index (κ2) is 7.06. The molecule has 0 aliphatic rings. The highest BCUT2D eigenvalue weighted by atomic mass is 35.5. The molecule has 21 heavy (non-hydrogen) atoms. The van der Waals surface area contributed by atoms with E-state index in [-0.39, 0.29) is 13.2 Å². The molecule has 2 rings (SSSR count). The third-order valence-electron chi connectivity index (χ3n) is 2.80. The van der Waals surface area contributed by atoms with Crippen LogP contribution >= 0.6 is 11.6 Å². The fraction of sp³-hybridized carbons (Fsp3) is 0.200. The maximum absolute atomic E-state index is 11.3. The number of methoxy groups -OCH3 is 1. The van der Waals surface area contributed by atoms with Crippen molar-refractivity contribution in [3.05, 3.63) is 58.4 Å². The minimum Gasteiger partial charge on any atom is -0.486 e. The minimum atomic E-state index is -0.433. The first-order valence-electron chi connectivity index (χ1n) is 6.19. The molecule has 0 fully saturated rings. The van der Waals surface area contributed by atoms with E-state index in [1.807, 2.05) is 0 Å². The number of aromatic nitrogens is 1. The molecule has 0 spiro atoms. The second-order valence-corrected chi connectivity index (χ2v) is 4.65. The molecule has 0 aliphatic carbocycles. The second-order valence-electron chi connectivity index (χ2n) is 4.24. The molecule has 0 saturated heterocycles. The summed E-state index contributed by atoms with van der Waals surface area (Å²) in [4.78, 5) is 15.4. The molecule has 2 aromatic rings. The summed E-state index contributed by atoms with van der Waals surface area (Å²) in [5.41, 5.74) is 1.75. The summed E-state index contributed by atoms with van der Waals surface area (Å²) in [6.45, 7) is 0.149. The third kappa shape index (κ3) is 3.93. The van der Waals surface area contributed by atoms with Crippen LogP contribution in [0.2, 0.25) is 5.02 Å². The number of hydrogen-bond acceptors (Lipinski definition) is 5. The number of nitrogens with zero attached hydrogens (tertiary/aromatic N) is 1. The SMILES string of the molecule is COC(=O)c1ccc(COc2ccc(CO)cc2Cl)nc1. The molecule has 1 aromatic carbocycles. The Morgan fingerprint density at radius 1 is 1.33 bits per heavy atom. The van der Waals surface area contributed by atoms with Crippen LogP contribution in [0.15, 0.2) is 36.5 Å². The Hall–Kier alpha value is -2.11. The number of aliphatic hydroxyl groups is 1. The highest BCUT2D eigenvalue weighted by molar-refractivity contribution is 6.32. The van der Waals surface area contributed by atoms with Gasteiger partial charge in [0.15, 0.2) is 0 Å². The van der Waals surface area contributed by atoms with Crippen LogP contribution in [0, 0.1) is 0 Å². The molecule has 0 atom stereocenters. The van der Waals surface area contributed by atoms with Gasteiger partial charge >= 0.3 is 5.97 Å². The zero-order chi connectivity index (χ0) is 15.2. The quantitative estimate of drug-likeness (QED) is 0.860. The fourth-order valence-corrected chi connectivity index (χ4v) is 1.92. The van der Waals surface area contributed by atoms with Gasteiger partial charge < -0.3 is 14.6 Å². The van der Waals surface area contributed by atoms with Crippen LogP contribution in [0.4, 0.5) is 0 Å². The molecule has 0 radical (unpaired) electrons. The van der Waals surface area contributed by atoms with Crippen LogP contribution < -0.4 is 4.74 Å². The van der Waals surface area contributed by atoms with E-state index in [2.05, 4.69) is 9.72 Å². The first kappa shape index (κ1) is 15.3. The van der Waals surface area contributed by atoms with Gasteiger partial charge in [-0.1, -0.05) is 17.7 Å². The zero-order valence-corrected chi connectivity index (χ0v) is 12.1. The van der Waals surface area contributed by atoms with Crippen molar-refractivity contribution in [2.75, 3.05) is 7.11 Å². The molecule has 0 saturated carbocycles. The Bertz CT molecular complexity index is 628. The zero-order valence-electron chi connectivity index (χ0n) is 11.4. The van der Waals surface area contributed by atoms with Crippen molar-refractivity contribution >= 4 is 17.6 Å². The van der Waals surface area contributed by atoms with E-state index < -0.39 is 5.97 Å². The van der Waals surface area contributed by atoms with E-state index in [9.17, 15) is 4.79 Å². The lowest BCUT2D eigenvalue weighted by Crippen LogP contribution is -2.04. The maximum atomic E-state index is 11.3. The van der Waals surface area contributed by atoms with Gasteiger partial charge in [0.1, 0.15) is 12.4 Å². The van der Waals surface area contributed by atoms with Crippen molar-refractivity contribution in [2.45, 2.75) is 13.2 Å². The van der Waals surface area contributed by atoms with Gasteiger partial charge in [-0.2, -0.15) is 0 Å². The molecule has 6 heteroatoms. The number of hydrogen-bond donors (Lipinski definition) is 1. The molecule has 1 heterocycles. The largest absolute Gasteiger partial charge is 0.486 e. The summed E-state index contributed by atoms with van der Waals surface area (Å²) in [6.07, 6.45) is 1.43. The van der Waals surface area contributed by atoms with E-state index in [4.69, 9.17) is 21.4 Å². The van der Waals surface area contributed by atoms with Gasteiger partial charge in [0.2, 0.25) is 0 Å². The Morgan fingerprint density at radius 2 is 2.14 bits per heavy atom. The van der Waals surface area contributed by atoms with E-state index in [1.54, 1.807) is 30.3 Å². The topological polar surface area (TPSA) is 68.7 Å². The van der Waals surface area contributed by atoms with Crippen LogP contribution in [0.5, 0.6) is 5.75 Å². The summed E-state index contributed by atoms with van der Waals surface area (Å²) >= 11 is 6.04. The van der Waals surface area contributed by atoms with Crippen molar-refractivity contribution in [2.24, 2.45) is 0 Å². The van der Waals surface area contributed by atoms with Crippen LogP contribution in [0.1, 0.15) is 21.6 Å². The number of carbonyl (C=O) groups excluding carboxylic acids is 1. The number of benzene rings is 1. The lowest BCUT2D eigenvalue weighted by atomic mass is 10.2. The molecule has 1 aromatic heterocycles. The fourth-order valence-electron chi connectivity index (χ4n) is 1.66. The van der Waals surface area contributed by atoms with Crippen LogP contribution in [-0.4, -0.2) is 23.2 Å². The Balaban J connectivity index is 2.01. The van der Waals surface area contributed by atoms with Crippen molar-refractivity contribution in [1.29, 1.82) is 0 Å². The van der Waals surface area contributed by atoms with Crippen molar-refractivity contribution in [3.8, 4) is 5.75 Å². The minimum absolute atomic E-state index is 0.0729. The molecule has 0 aliphatic heterocycles.